The molecule has 230 valence electrons. The van der Waals surface area contributed by atoms with E-state index < -0.39 is 0 Å². The minimum absolute atomic E-state index is 0.228. The Morgan fingerprint density at radius 2 is 1.29 bits per heavy atom. The van der Waals surface area contributed by atoms with E-state index in [1.807, 2.05) is 42.5 Å². The summed E-state index contributed by atoms with van der Waals surface area (Å²) in [5, 5.41) is 22.2. The van der Waals surface area contributed by atoms with Gasteiger partial charge in [0.15, 0.2) is 0 Å². The number of carbonyl (C=O) groups is 2. The fourth-order valence-corrected chi connectivity index (χ4v) is 6.28. The topological polar surface area (TPSA) is 96.4 Å². The highest BCUT2D eigenvalue weighted by molar-refractivity contribution is 6.06. The first-order valence-corrected chi connectivity index (χ1v) is 15.5. The lowest BCUT2D eigenvalue weighted by Crippen LogP contribution is -2.50. The molecule has 2 aliphatic heterocycles. The van der Waals surface area contributed by atoms with E-state index in [0.717, 1.165) is 78.2 Å². The largest absolute Gasteiger partial charge is 0.508 e. The molecule has 0 unspecified atom stereocenters. The number of imide groups is 1. The molecule has 6 rings (SSSR count). The number of hydrogen-bond donors (Lipinski definition) is 3. The summed E-state index contributed by atoms with van der Waals surface area (Å²) in [5.41, 5.74) is 8.53. The maximum atomic E-state index is 12.5. The second-order valence-electron chi connectivity index (χ2n) is 11.5. The zero-order valence-corrected chi connectivity index (χ0v) is 25.4. The molecule has 4 aromatic carbocycles. The minimum Gasteiger partial charge on any atom is -0.508 e. The second-order valence-corrected chi connectivity index (χ2v) is 11.5. The zero-order chi connectivity index (χ0) is 31.3. The molecule has 45 heavy (non-hydrogen) atoms. The Bertz CT molecular complexity index is 1690. The molecule has 2 aliphatic rings. The van der Waals surface area contributed by atoms with E-state index in [1.165, 1.54) is 5.69 Å². The van der Waals surface area contributed by atoms with Gasteiger partial charge in [-0.3, -0.25) is 19.9 Å². The number of carbonyl (C=O) groups excluding carboxylic acids is 2. The van der Waals surface area contributed by atoms with Gasteiger partial charge in [-0.15, -0.1) is 0 Å². The Kier molecular flexibility index (Phi) is 8.84. The monoisotopic (exact) mass is 602 g/mol. The van der Waals surface area contributed by atoms with Gasteiger partial charge in [0.25, 0.3) is 0 Å². The second kappa shape index (κ2) is 13.3. The highest BCUT2D eigenvalue weighted by atomic mass is 16.3. The van der Waals surface area contributed by atoms with Gasteiger partial charge in [0, 0.05) is 57.1 Å². The smallest absolute Gasteiger partial charge is 0.328 e. The first kappa shape index (κ1) is 30.0. The van der Waals surface area contributed by atoms with Crippen LogP contribution in [0.15, 0.2) is 97.1 Å². The summed E-state index contributed by atoms with van der Waals surface area (Å²) >= 11 is 0. The van der Waals surface area contributed by atoms with Crippen LogP contribution >= 0.6 is 0 Å². The molecule has 3 amide bonds. The molecule has 0 radical (unpaired) electrons. The number of phenolic OH excluding ortho intramolecular Hbond substituents is 2. The van der Waals surface area contributed by atoms with E-state index in [-0.39, 0.29) is 23.4 Å². The maximum absolute atomic E-state index is 12.5. The number of allylic oxidation sites excluding steroid dienone is 1. The Morgan fingerprint density at radius 1 is 0.711 bits per heavy atom. The Balaban J connectivity index is 1.18. The van der Waals surface area contributed by atoms with E-state index >= 15 is 0 Å². The number of rotatable bonds is 8. The van der Waals surface area contributed by atoms with Crippen LogP contribution < -0.4 is 15.1 Å². The zero-order valence-electron chi connectivity index (χ0n) is 25.4. The van der Waals surface area contributed by atoms with E-state index in [9.17, 15) is 19.8 Å². The molecule has 0 aliphatic carbocycles. The predicted octanol–water partition coefficient (Wildman–Crippen LogP) is 6.24. The van der Waals surface area contributed by atoms with Crippen LogP contribution in [0.25, 0.3) is 11.1 Å². The molecule has 0 spiro atoms. The molecule has 0 atom stereocenters. The van der Waals surface area contributed by atoms with Gasteiger partial charge < -0.3 is 15.1 Å². The van der Waals surface area contributed by atoms with Crippen molar-refractivity contribution in [2.24, 2.45) is 0 Å². The molecular weight excluding hydrogens is 564 g/mol. The fraction of sp³-hybridized carbons (Fsp3) is 0.243. The van der Waals surface area contributed by atoms with Crippen molar-refractivity contribution >= 4 is 34.5 Å². The molecule has 2 saturated heterocycles. The molecular formula is C37H38N4O4. The summed E-state index contributed by atoms with van der Waals surface area (Å²) in [4.78, 5) is 30.6. The number of urea groups is 1. The summed E-state index contributed by atoms with van der Waals surface area (Å²) in [7, 11) is 0. The lowest BCUT2D eigenvalue weighted by atomic mass is 9.88. The summed E-state index contributed by atoms with van der Waals surface area (Å²) in [6, 6.07) is 30.9. The van der Waals surface area contributed by atoms with Crippen molar-refractivity contribution in [2.45, 2.75) is 26.3 Å². The molecule has 0 aromatic heterocycles. The molecule has 3 N–H and O–H groups in total. The molecule has 2 heterocycles. The van der Waals surface area contributed by atoms with E-state index in [1.54, 1.807) is 29.2 Å². The molecule has 8 heteroatoms. The van der Waals surface area contributed by atoms with Crippen LogP contribution in [0.4, 0.5) is 16.2 Å². The van der Waals surface area contributed by atoms with Crippen LogP contribution in [-0.4, -0.2) is 59.8 Å². The molecule has 0 saturated carbocycles. The number of anilines is 2. The van der Waals surface area contributed by atoms with Crippen molar-refractivity contribution in [2.75, 3.05) is 42.5 Å². The van der Waals surface area contributed by atoms with Gasteiger partial charge in [0.1, 0.15) is 11.5 Å². The van der Waals surface area contributed by atoms with Crippen LogP contribution in [-0.2, 0) is 11.3 Å². The number of aromatic hydroxyl groups is 2. The van der Waals surface area contributed by atoms with Crippen LogP contribution in [0.5, 0.6) is 11.5 Å². The number of piperazine rings is 1. The average Bonchev–Trinajstić information content (AvgIpc) is 3.06. The Hall–Kier alpha value is -5.08. The van der Waals surface area contributed by atoms with Crippen LogP contribution in [0, 0.1) is 0 Å². The number of hydrogen-bond acceptors (Lipinski definition) is 6. The van der Waals surface area contributed by atoms with Gasteiger partial charge in [0.05, 0.1) is 0 Å². The SMILES string of the molecule is CCC(=C(c1ccc(O)cc1)c1ccc(N2CCN(Cc3ccccc3N3CCC(=O)NC3=O)CC2)cc1)c1ccc(O)cc1. The van der Waals surface area contributed by atoms with Crippen molar-refractivity contribution in [3.8, 4) is 11.5 Å². The van der Waals surface area contributed by atoms with Crippen molar-refractivity contribution in [3.63, 3.8) is 0 Å². The van der Waals surface area contributed by atoms with Crippen molar-refractivity contribution in [1.29, 1.82) is 0 Å². The summed E-state index contributed by atoms with van der Waals surface area (Å²) in [6.07, 6.45) is 1.11. The van der Waals surface area contributed by atoms with E-state index in [0.29, 0.717) is 13.0 Å². The van der Waals surface area contributed by atoms with Gasteiger partial charge in [-0.05, 0) is 82.3 Å². The third-order valence-corrected chi connectivity index (χ3v) is 8.65. The number of nitrogens with one attached hydrogen (secondary N) is 1. The first-order chi connectivity index (χ1) is 21.9. The highest BCUT2D eigenvalue weighted by Gasteiger charge is 2.27. The number of amides is 3. The van der Waals surface area contributed by atoms with Gasteiger partial charge >= 0.3 is 6.03 Å². The molecule has 2 fully saturated rings. The van der Waals surface area contributed by atoms with E-state index in [4.69, 9.17) is 0 Å². The average molecular weight is 603 g/mol. The summed E-state index contributed by atoms with van der Waals surface area (Å²) in [5.74, 6) is 0.238. The highest BCUT2D eigenvalue weighted by Crippen LogP contribution is 2.36. The Morgan fingerprint density at radius 3 is 1.89 bits per heavy atom. The third-order valence-electron chi connectivity index (χ3n) is 8.65. The third kappa shape index (κ3) is 6.71. The lowest BCUT2D eigenvalue weighted by molar-refractivity contribution is -0.120. The Labute approximate surface area is 263 Å². The summed E-state index contributed by atoms with van der Waals surface area (Å²) < 4.78 is 0. The number of benzene rings is 4. The minimum atomic E-state index is -0.357. The van der Waals surface area contributed by atoms with Crippen LogP contribution in [0.3, 0.4) is 0 Å². The number of phenols is 2. The van der Waals surface area contributed by atoms with Gasteiger partial charge in [-0.1, -0.05) is 61.5 Å². The standard InChI is InChI=1S/C37H38N4O4/c1-2-33(26-9-15-31(42)16-10-26)36(28-11-17-32(43)18-12-28)27-7-13-30(14-8-27)40-23-21-39(22-24-40)25-29-5-3-4-6-34(29)41-20-19-35(44)38-37(41)45/h3-18,42-43H,2,19-25H2,1H3,(H,38,44,45). The van der Waals surface area contributed by atoms with Gasteiger partial charge in [0.2, 0.25) is 5.91 Å². The molecule has 0 bridgehead atoms. The van der Waals surface area contributed by atoms with E-state index in [2.05, 4.69) is 52.4 Å². The van der Waals surface area contributed by atoms with Gasteiger partial charge in [-0.25, -0.2) is 4.79 Å². The quantitative estimate of drug-likeness (QED) is 0.207. The van der Waals surface area contributed by atoms with Crippen LogP contribution in [0.1, 0.15) is 42.0 Å². The maximum Gasteiger partial charge on any atom is 0.328 e. The number of nitrogens with zero attached hydrogens (tertiary/aromatic N) is 3. The van der Waals surface area contributed by atoms with Gasteiger partial charge in [-0.2, -0.15) is 0 Å². The van der Waals surface area contributed by atoms with Crippen LogP contribution in [0.2, 0.25) is 0 Å². The number of para-hydroxylation sites is 1. The summed E-state index contributed by atoms with van der Waals surface area (Å²) in [6.45, 7) is 6.81. The normalized spacial score (nSPS) is 16.4. The van der Waals surface area contributed by atoms with Crippen molar-refractivity contribution in [3.05, 3.63) is 119 Å². The lowest BCUT2D eigenvalue weighted by Gasteiger charge is -2.37. The van der Waals surface area contributed by atoms with Crippen molar-refractivity contribution < 1.29 is 19.8 Å². The first-order valence-electron chi connectivity index (χ1n) is 15.5. The fourth-order valence-electron chi connectivity index (χ4n) is 6.28. The predicted molar refractivity (Wildman–Crippen MR) is 178 cm³/mol. The molecule has 8 nitrogen and oxygen atoms in total. The van der Waals surface area contributed by atoms with Crippen molar-refractivity contribution in [1.82, 2.24) is 10.2 Å². The molecule has 4 aromatic rings.